The number of nitrogens with zero attached hydrogens (tertiary/aromatic N) is 3. The van der Waals surface area contributed by atoms with Gasteiger partial charge in [-0.25, -0.2) is 15.0 Å². The number of benzene rings is 1. The number of carbonyl (C=O) groups excluding carboxylic acids is 1. The number of amides is 1. The number of aliphatic hydroxyl groups is 1. The fraction of sp³-hybridized carbons (Fsp3) is 0.500. The van der Waals surface area contributed by atoms with Crippen LogP contribution in [0, 0.1) is 5.92 Å². The van der Waals surface area contributed by atoms with Crippen LogP contribution in [0.4, 0.5) is 5.69 Å². The Balaban J connectivity index is 1.66. The first kappa shape index (κ1) is 25.6. The van der Waals surface area contributed by atoms with Crippen LogP contribution in [0.2, 0.25) is 0 Å². The second-order valence-corrected chi connectivity index (χ2v) is 13.4. The van der Waals surface area contributed by atoms with Gasteiger partial charge in [-0.05, 0) is 63.6 Å². The number of aromatic nitrogens is 3. The quantitative estimate of drug-likeness (QED) is 0.347. The summed E-state index contributed by atoms with van der Waals surface area (Å²) in [5.74, 6) is 1.24. The molecule has 6 nitrogen and oxygen atoms in total. The summed E-state index contributed by atoms with van der Waals surface area (Å²) in [6.45, 7) is 5.68. The van der Waals surface area contributed by atoms with Crippen LogP contribution in [0.25, 0.3) is 10.2 Å². The maximum absolute atomic E-state index is 13.1. The van der Waals surface area contributed by atoms with Crippen molar-refractivity contribution in [1.82, 2.24) is 15.0 Å². The molecule has 1 aliphatic carbocycles. The predicted octanol–water partition coefficient (Wildman–Crippen LogP) is 5.28. The lowest BCUT2D eigenvalue weighted by molar-refractivity contribution is 0.0794. The summed E-state index contributed by atoms with van der Waals surface area (Å²) in [5, 5.41) is 14.9. The molecular weight excluding hydrogens is 481 g/mol. The van der Waals surface area contributed by atoms with Gasteiger partial charge in [0.25, 0.3) is 5.91 Å². The van der Waals surface area contributed by atoms with Gasteiger partial charge >= 0.3 is 0 Å². The molecule has 1 aromatic carbocycles. The third kappa shape index (κ3) is 5.67. The number of anilines is 1. The maximum atomic E-state index is 13.1. The molecule has 0 bridgehead atoms. The highest BCUT2D eigenvalue weighted by atomic mass is 32.1. The molecule has 178 valence electrons. The molecule has 2 N–H and O–H groups in total. The van der Waals surface area contributed by atoms with Gasteiger partial charge in [0.15, 0.2) is 0 Å². The first-order valence-electron chi connectivity index (χ1n) is 11.6. The Kier molecular flexibility index (Phi) is 7.46. The molecule has 0 aliphatic heterocycles. The number of nitrogens with one attached hydrogen (secondary N) is 1. The van der Waals surface area contributed by atoms with E-state index in [4.69, 9.17) is 12.8 Å². The Labute approximate surface area is 211 Å². The maximum Gasteiger partial charge on any atom is 0.274 e. The Morgan fingerprint density at radius 1 is 1.24 bits per heavy atom. The molecule has 2 unspecified atom stereocenters. The lowest BCUT2D eigenvalue weighted by Gasteiger charge is -2.26. The van der Waals surface area contributed by atoms with E-state index in [1.54, 1.807) is 31.3 Å². The van der Waals surface area contributed by atoms with E-state index >= 15 is 0 Å². The van der Waals surface area contributed by atoms with Crippen LogP contribution in [0.3, 0.4) is 0 Å². The Bertz CT molecular complexity index is 1200. The van der Waals surface area contributed by atoms with Crippen LogP contribution in [0.15, 0.2) is 24.4 Å². The number of rotatable bonds is 6. The molecule has 3 aromatic rings. The second kappa shape index (κ2) is 9.89. The van der Waals surface area contributed by atoms with E-state index in [2.05, 4.69) is 40.7 Å². The Morgan fingerprint density at radius 3 is 2.56 bits per heavy atom. The van der Waals surface area contributed by atoms with Crippen molar-refractivity contribution in [3.05, 3.63) is 46.5 Å². The minimum atomic E-state index is -1.16. The van der Waals surface area contributed by atoms with E-state index in [0.717, 1.165) is 21.1 Å². The molecular formula is C24H31BN4O2P2S. The molecule has 2 radical (unpaired) electrons. The largest absolute Gasteiger partial charge is 0.386 e. The molecule has 2 atom stereocenters. The van der Waals surface area contributed by atoms with Gasteiger partial charge in [-0.15, -0.1) is 29.8 Å². The third-order valence-electron chi connectivity index (χ3n) is 6.50. The van der Waals surface area contributed by atoms with Crippen LogP contribution < -0.4 is 5.32 Å². The zero-order valence-corrected chi connectivity index (χ0v) is 23.0. The Morgan fingerprint density at radius 2 is 1.94 bits per heavy atom. The van der Waals surface area contributed by atoms with E-state index in [1.165, 1.54) is 38.3 Å². The fourth-order valence-electron chi connectivity index (χ4n) is 4.47. The fourth-order valence-corrected chi connectivity index (χ4v) is 5.91. The molecule has 0 saturated heterocycles. The summed E-state index contributed by atoms with van der Waals surface area (Å²) >= 11 is 1.68. The first-order chi connectivity index (χ1) is 16.0. The van der Waals surface area contributed by atoms with E-state index in [0.29, 0.717) is 23.0 Å². The van der Waals surface area contributed by atoms with Crippen molar-refractivity contribution in [2.24, 2.45) is 5.92 Å². The first-order valence-corrected chi connectivity index (χ1v) is 13.6. The van der Waals surface area contributed by atoms with Crippen LogP contribution in [-0.4, -0.2) is 33.8 Å². The van der Waals surface area contributed by atoms with Crippen molar-refractivity contribution in [3.63, 3.8) is 0 Å². The normalized spacial score (nSPS) is 19.4. The summed E-state index contributed by atoms with van der Waals surface area (Å²) < 4.78 is 0.996. The van der Waals surface area contributed by atoms with E-state index in [9.17, 15) is 9.90 Å². The van der Waals surface area contributed by atoms with Crippen LogP contribution in [-0.2, 0) is 10.4 Å². The van der Waals surface area contributed by atoms with E-state index < -0.39 is 16.3 Å². The van der Waals surface area contributed by atoms with Gasteiger partial charge < -0.3 is 10.4 Å². The van der Waals surface area contributed by atoms with Crippen molar-refractivity contribution < 1.29 is 9.90 Å². The van der Waals surface area contributed by atoms with Gasteiger partial charge in [-0.1, -0.05) is 13.3 Å². The summed E-state index contributed by atoms with van der Waals surface area (Å²) in [4.78, 5) is 25.5. The highest BCUT2D eigenvalue weighted by Crippen LogP contribution is 2.41. The second-order valence-electron chi connectivity index (χ2n) is 9.76. The number of carbonyl (C=O) groups is 1. The lowest BCUT2D eigenvalue weighted by Crippen LogP contribution is -2.22. The van der Waals surface area contributed by atoms with Crippen LogP contribution in [0.1, 0.15) is 85.7 Å². The molecule has 2 heterocycles. The van der Waals surface area contributed by atoms with Gasteiger partial charge in [0.05, 0.1) is 28.7 Å². The summed E-state index contributed by atoms with van der Waals surface area (Å²) in [5.41, 5.74) is 1.05. The molecule has 4 rings (SSSR count). The van der Waals surface area contributed by atoms with Gasteiger partial charge in [-0.3, -0.25) is 4.79 Å². The number of thiazole rings is 1. The van der Waals surface area contributed by atoms with E-state index in [1.807, 2.05) is 12.1 Å². The number of hydrogen-bond donors (Lipinski definition) is 2. The predicted molar refractivity (Wildman–Crippen MR) is 147 cm³/mol. The molecule has 10 heteroatoms. The van der Waals surface area contributed by atoms with Crippen molar-refractivity contribution in [3.8, 4) is 0 Å². The summed E-state index contributed by atoms with van der Waals surface area (Å²) in [6.07, 6.45) is 7.61. The van der Waals surface area contributed by atoms with E-state index in [-0.39, 0.29) is 5.69 Å². The standard InChI is InChI=1S/C24H31BN4O2P2S/c1-4-13-5-7-14(8-6-13)21-28-18-11-15(23(2,3)31)17(12-19(18)34-21)27-20(30)16-9-10-26-22(29-16)24(25,32)33/h9-14,31H,4-8,32-33H2,1-3H3,(H,27,30). The van der Waals surface area contributed by atoms with Gasteiger partial charge in [0, 0.05) is 28.2 Å². The molecule has 34 heavy (non-hydrogen) atoms. The highest BCUT2D eigenvalue weighted by Gasteiger charge is 2.27. The zero-order chi connectivity index (χ0) is 24.7. The van der Waals surface area contributed by atoms with Gasteiger partial charge in [0.1, 0.15) is 11.5 Å². The topological polar surface area (TPSA) is 88.0 Å². The van der Waals surface area contributed by atoms with Gasteiger partial charge in [0.2, 0.25) is 0 Å². The van der Waals surface area contributed by atoms with Gasteiger partial charge in [-0.2, -0.15) is 0 Å². The van der Waals surface area contributed by atoms with Crippen molar-refractivity contribution >= 4 is 59.5 Å². The van der Waals surface area contributed by atoms with Crippen LogP contribution >= 0.6 is 29.8 Å². The molecule has 1 saturated carbocycles. The Hall–Kier alpha value is -1.46. The van der Waals surface area contributed by atoms with Crippen molar-refractivity contribution in [1.29, 1.82) is 0 Å². The minimum Gasteiger partial charge on any atom is -0.386 e. The highest BCUT2D eigenvalue weighted by molar-refractivity contribution is 7.43. The van der Waals surface area contributed by atoms with Crippen LogP contribution in [0.5, 0.6) is 0 Å². The average molecular weight is 512 g/mol. The molecule has 1 fully saturated rings. The molecule has 1 aliphatic rings. The zero-order valence-electron chi connectivity index (χ0n) is 19.8. The SMILES string of the molecule is [B]C(P)(P)c1nccc(C(=O)Nc2cc3sc(C4CCC(CC)CC4)nc3cc2C(C)(C)O)n1. The molecule has 1 amide bonds. The van der Waals surface area contributed by atoms with Crippen molar-refractivity contribution in [2.45, 2.75) is 69.2 Å². The average Bonchev–Trinajstić information content (AvgIpc) is 3.20. The summed E-state index contributed by atoms with van der Waals surface area (Å²) in [7, 11) is 10.9. The molecule has 2 aromatic heterocycles. The molecule has 0 spiro atoms. The lowest BCUT2D eigenvalue weighted by atomic mass is 9.81. The minimum absolute atomic E-state index is 0.198. The number of hydrogen-bond acceptors (Lipinski definition) is 6. The number of fused-ring (bicyclic) bond motifs is 1. The van der Waals surface area contributed by atoms with Crippen molar-refractivity contribution in [2.75, 3.05) is 5.32 Å². The third-order valence-corrected chi connectivity index (χ3v) is 8.20. The monoisotopic (exact) mass is 512 g/mol. The summed E-state index contributed by atoms with van der Waals surface area (Å²) in [6, 6.07) is 5.35. The smallest absolute Gasteiger partial charge is 0.274 e.